The summed E-state index contributed by atoms with van der Waals surface area (Å²) in [5.74, 6) is 0.326. The smallest absolute Gasteiger partial charge is 0.417 e. The number of rotatable bonds is 2. The predicted octanol–water partition coefficient (Wildman–Crippen LogP) is 4.13. The molecule has 0 radical (unpaired) electrons. The van der Waals surface area contributed by atoms with E-state index in [2.05, 4.69) is 4.98 Å². The van der Waals surface area contributed by atoms with Gasteiger partial charge in [-0.15, -0.1) is 0 Å². The van der Waals surface area contributed by atoms with Crippen LogP contribution in [0, 0.1) is 0 Å². The number of nitrogens with two attached hydrogens (primary N) is 1. The van der Waals surface area contributed by atoms with Gasteiger partial charge in [-0.2, -0.15) is 13.2 Å². The highest BCUT2D eigenvalue weighted by Crippen LogP contribution is 2.30. The van der Waals surface area contributed by atoms with E-state index in [0.717, 1.165) is 12.1 Å². The summed E-state index contributed by atoms with van der Waals surface area (Å²) in [4.78, 5) is 3.57. The van der Waals surface area contributed by atoms with Crippen LogP contribution in [-0.4, -0.2) is 4.98 Å². The van der Waals surface area contributed by atoms with Crippen molar-refractivity contribution in [1.82, 2.24) is 4.98 Å². The van der Waals surface area contributed by atoms with E-state index in [1.165, 1.54) is 18.2 Å². The highest BCUT2D eigenvalue weighted by Gasteiger charge is 2.30. The zero-order valence-electron chi connectivity index (χ0n) is 9.41. The van der Waals surface area contributed by atoms with Crippen molar-refractivity contribution in [3.8, 4) is 11.6 Å². The molecule has 2 rings (SSSR count). The van der Waals surface area contributed by atoms with Gasteiger partial charge in [0, 0.05) is 29.0 Å². The minimum Gasteiger partial charge on any atom is -0.439 e. The molecule has 1 heterocycles. The molecule has 0 atom stereocenters. The SMILES string of the molecule is Nc1cc(Cl)cc(Oc2ccc(C(F)(F)F)cn2)c1. The number of aromatic nitrogens is 1. The fraction of sp³-hybridized carbons (Fsp3) is 0.0833. The molecule has 7 heteroatoms. The molecule has 0 aliphatic heterocycles. The molecule has 0 aliphatic rings. The maximum Gasteiger partial charge on any atom is 0.417 e. The van der Waals surface area contributed by atoms with Gasteiger partial charge in [-0.05, 0) is 18.2 Å². The van der Waals surface area contributed by atoms with Gasteiger partial charge in [0.15, 0.2) is 0 Å². The summed E-state index contributed by atoms with van der Waals surface area (Å²) in [6.07, 6.45) is -3.73. The largest absolute Gasteiger partial charge is 0.439 e. The lowest BCUT2D eigenvalue weighted by atomic mass is 10.3. The molecular formula is C12H8ClF3N2O. The summed E-state index contributed by atoms with van der Waals surface area (Å²) in [5.41, 5.74) is 5.10. The molecule has 0 bridgehead atoms. The summed E-state index contributed by atoms with van der Waals surface area (Å²) < 4.78 is 42.3. The van der Waals surface area contributed by atoms with Gasteiger partial charge in [0.25, 0.3) is 0 Å². The number of nitrogens with zero attached hydrogens (tertiary/aromatic N) is 1. The fourth-order valence-electron chi connectivity index (χ4n) is 1.37. The van der Waals surface area contributed by atoms with E-state index < -0.39 is 11.7 Å². The molecule has 19 heavy (non-hydrogen) atoms. The van der Waals surface area contributed by atoms with Gasteiger partial charge in [-0.3, -0.25) is 0 Å². The third kappa shape index (κ3) is 3.51. The molecule has 0 unspecified atom stereocenters. The molecule has 0 aliphatic carbocycles. The quantitative estimate of drug-likeness (QED) is 0.845. The van der Waals surface area contributed by atoms with Crippen LogP contribution in [0.3, 0.4) is 0 Å². The number of alkyl halides is 3. The molecule has 3 nitrogen and oxygen atoms in total. The summed E-state index contributed by atoms with van der Waals surface area (Å²) in [6, 6.07) is 6.51. The van der Waals surface area contributed by atoms with Crippen LogP contribution in [0.5, 0.6) is 11.6 Å². The van der Waals surface area contributed by atoms with E-state index in [0.29, 0.717) is 22.7 Å². The Morgan fingerprint density at radius 1 is 1.16 bits per heavy atom. The van der Waals surface area contributed by atoms with Crippen molar-refractivity contribution in [3.63, 3.8) is 0 Å². The first kappa shape index (κ1) is 13.5. The Labute approximate surface area is 111 Å². The molecule has 2 N–H and O–H groups in total. The fourth-order valence-corrected chi connectivity index (χ4v) is 1.61. The van der Waals surface area contributed by atoms with Crippen LogP contribution in [0.25, 0.3) is 0 Å². The summed E-state index contributed by atoms with van der Waals surface area (Å²) in [6.45, 7) is 0. The Kier molecular flexibility index (Phi) is 3.53. The first-order valence-corrected chi connectivity index (χ1v) is 5.49. The minimum absolute atomic E-state index is 0.0228. The second kappa shape index (κ2) is 4.97. The Hall–Kier alpha value is -1.95. The number of ether oxygens (including phenoxy) is 1. The lowest BCUT2D eigenvalue weighted by Gasteiger charge is -2.08. The average molecular weight is 289 g/mol. The normalized spacial score (nSPS) is 11.4. The van der Waals surface area contributed by atoms with E-state index in [1.807, 2.05) is 0 Å². The zero-order valence-corrected chi connectivity index (χ0v) is 10.2. The molecule has 0 amide bonds. The van der Waals surface area contributed by atoms with Crippen molar-refractivity contribution in [2.24, 2.45) is 0 Å². The molecule has 0 saturated carbocycles. The van der Waals surface area contributed by atoms with Gasteiger partial charge < -0.3 is 10.5 Å². The molecule has 1 aromatic heterocycles. The van der Waals surface area contributed by atoms with Crippen LogP contribution < -0.4 is 10.5 Å². The maximum atomic E-state index is 12.3. The van der Waals surface area contributed by atoms with Gasteiger partial charge >= 0.3 is 6.18 Å². The summed E-state index contributed by atoms with van der Waals surface area (Å²) in [5, 5.41) is 0.363. The predicted molar refractivity (Wildman–Crippen MR) is 65.2 cm³/mol. The minimum atomic E-state index is -4.42. The number of benzene rings is 1. The highest BCUT2D eigenvalue weighted by atomic mass is 35.5. The highest BCUT2D eigenvalue weighted by molar-refractivity contribution is 6.31. The van der Waals surface area contributed by atoms with Gasteiger partial charge in [-0.25, -0.2) is 4.98 Å². The third-order valence-electron chi connectivity index (χ3n) is 2.18. The number of halogens is 4. The van der Waals surface area contributed by atoms with Crippen molar-refractivity contribution < 1.29 is 17.9 Å². The standard InChI is InChI=1S/C12H8ClF3N2O/c13-8-3-9(17)5-10(4-8)19-11-2-1-7(6-18-11)12(14,15)16/h1-6H,17H2. The van der Waals surface area contributed by atoms with E-state index in [4.69, 9.17) is 22.1 Å². The number of hydrogen-bond donors (Lipinski definition) is 1. The Balaban J connectivity index is 2.20. The molecule has 100 valence electrons. The lowest BCUT2D eigenvalue weighted by Crippen LogP contribution is -2.05. The van der Waals surface area contributed by atoms with Crippen molar-refractivity contribution in [2.45, 2.75) is 6.18 Å². The van der Waals surface area contributed by atoms with E-state index >= 15 is 0 Å². The summed E-state index contributed by atoms with van der Waals surface area (Å²) >= 11 is 5.77. The van der Waals surface area contributed by atoms with Crippen LogP contribution in [0.4, 0.5) is 18.9 Å². The molecule has 2 aromatic rings. The number of hydrogen-bond acceptors (Lipinski definition) is 3. The lowest BCUT2D eigenvalue weighted by molar-refractivity contribution is -0.137. The van der Waals surface area contributed by atoms with Crippen LogP contribution in [-0.2, 0) is 6.18 Å². The number of anilines is 1. The monoisotopic (exact) mass is 288 g/mol. The number of pyridine rings is 1. The van der Waals surface area contributed by atoms with E-state index in [-0.39, 0.29) is 5.88 Å². The van der Waals surface area contributed by atoms with Crippen molar-refractivity contribution in [2.75, 3.05) is 5.73 Å². The molecule has 0 spiro atoms. The van der Waals surface area contributed by atoms with Crippen LogP contribution >= 0.6 is 11.6 Å². The van der Waals surface area contributed by atoms with E-state index in [1.54, 1.807) is 0 Å². The zero-order chi connectivity index (χ0) is 14.0. The Morgan fingerprint density at radius 3 is 2.42 bits per heavy atom. The van der Waals surface area contributed by atoms with Crippen molar-refractivity contribution in [1.29, 1.82) is 0 Å². The maximum absolute atomic E-state index is 12.3. The van der Waals surface area contributed by atoms with Gasteiger partial charge in [0.2, 0.25) is 5.88 Å². The molecular weight excluding hydrogens is 281 g/mol. The first-order valence-electron chi connectivity index (χ1n) is 5.12. The van der Waals surface area contributed by atoms with Crippen molar-refractivity contribution >= 4 is 17.3 Å². The molecule has 1 aromatic carbocycles. The van der Waals surface area contributed by atoms with E-state index in [9.17, 15) is 13.2 Å². The van der Waals surface area contributed by atoms with Crippen LogP contribution in [0.2, 0.25) is 5.02 Å². The third-order valence-corrected chi connectivity index (χ3v) is 2.40. The van der Waals surface area contributed by atoms with Gasteiger partial charge in [0.1, 0.15) is 5.75 Å². The first-order chi connectivity index (χ1) is 8.84. The Bertz CT molecular complexity index is 564. The second-order valence-electron chi connectivity index (χ2n) is 3.71. The summed E-state index contributed by atoms with van der Waals surface area (Å²) in [7, 11) is 0. The van der Waals surface area contributed by atoms with Gasteiger partial charge in [-0.1, -0.05) is 11.6 Å². The second-order valence-corrected chi connectivity index (χ2v) is 4.14. The van der Waals surface area contributed by atoms with Crippen LogP contribution in [0.1, 0.15) is 5.56 Å². The van der Waals surface area contributed by atoms with Crippen molar-refractivity contribution in [3.05, 3.63) is 47.1 Å². The average Bonchev–Trinajstić information content (AvgIpc) is 2.26. The number of nitrogen functional groups attached to an aromatic ring is 1. The topological polar surface area (TPSA) is 48.1 Å². The van der Waals surface area contributed by atoms with Gasteiger partial charge in [0.05, 0.1) is 5.56 Å². The van der Waals surface area contributed by atoms with Crippen LogP contribution in [0.15, 0.2) is 36.5 Å². The Morgan fingerprint density at radius 2 is 1.89 bits per heavy atom. The molecule has 0 saturated heterocycles. The molecule has 0 fully saturated rings.